The number of hydrogen-bond acceptors (Lipinski definition) is 3. The second kappa shape index (κ2) is 4.82. The Morgan fingerprint density at radius 1 is 1.44 bits per heavy atom. The van der Waals surface area contributed by atoms with Crippen molar-refractivity contribution in [3.63, 3.8) is 0 Å². The lowest BCUT2D eigenvalue weighted by Gasteiger charge is -2.32. The minimum atomic E-state index is -0.978. The number of carbonyl (C=O) groups excluding carboxylic acids is 2. The number of amides is 2. The Balaban J connectivity index is 2.61. The van der Waals surface area contributed by atoms with Crippen molar-refractivity contribution in [2.24, 2.45) is 11.7 Å². The zero-order valence-corrected chi connectivity index (χ0v) is 10.2. The largest absolute Gasteiger partial charge is 0.368 e. The molecule has 5 nitrogen and oxygen atoms in total. The smallest absolute Gasteiger partial charge is 0.242 e. The number of nitrogens with one attached hydrogen (secondary N) is 2. The van der Waals surface area contributed by atoms with Crippen LogP contribution in [0.4, 0.5) is 0 Å². The van der Waals surface area contributed by atoms with E-state index in [2.05, 4.69) is 10.6 Å². The van der Waals surface area contributed by atoms with E-state index in [9.17, 15) is 9.59 Å². The zero-order chi connectivity index (χ0) is 12.3. The Morgan fingerprint density at radius 2 is 2.06 bits per heavy atom. The average molecular weight is 227 g/mol. The molecular weight excluding hydrogens is 206 g/mol. The molecule has 16 heavy (non-hydrogen) atoms. The van der Waals surface area contributed by atoms with Gasteiger partial charge in [-0.25, -0.2) is 0 Å². The standard InChI is InChI=1S/C11H21N3O2/c1-7-8(5-4-6-13-7)9(15)14-11(2,3)10(12)16/h7-8,13H,4-6H2,1-3H3,(H2,12,16)(H,14,15). The first kappa shape index (κ1) is 13.0. The predicted molar refractivity (Wildman–Crippen MR) is 61.6 cm³/mol. The van der Waals surface area contributed by atoms with Crippen LogP contribution in [0.5, 0.6) is 0 Å². The Hall–Kier alpha value is -1.10. The molecule has 1 heterocycles. The molecule has 1 aliphatic heterocycles. The SMILES string of the molecule is CC1NCCCC1C(=O)NC(C)(C)C(N)=O. The summed E-state index contributed by atoms with van der Waals surface area (Å²) in [7, 11) is 0. The molecule has 92 valence electrons. The van der Waals surface area contributed by atoms with E-state index < -0.39 is 11.4 Å². The highest BCUT2D eigenvalue weighted by Gasteiger charge is 2.33. The number of hydrogen-bond donors (Lipinski definition) is 3. The lowest BCUT2D eigenvalue weighted by Crippen LogP contribution is -2.57. The van der Waals surface area contributed by atoms with E-state index >= 15 is 0 Å². The molecule has 2 atom stereocenters. The molecule has 1 fully saturated rings. The number of primary amides is 1. The molecule has 0 saturated carbocycles. The van der Waals surface area contributed by atoms with Gasteiger partial charge < -0.3 is 16.4 Å². The first-order valence-electron chi connectivity index (χ1n) is 5.70. The van der Waals surface area contributed by atoms with Gasteiger partial charge in [0.25, 0.3) is 0 Å². The molecule has 2 unspecified atom stereocenters. The molecule has 0 aliphatic carbocycles. The number of piperidine rings is 1. The van der Waals surface area contributed by atoms with Crippen molar-refractivity contribution < 1.29 is 9.59 Å². The van der Waals surface area contributed by atoms with Gasteiger partial charge in [-0.2, -0.15) is 0 Å². The fraction of sp³-hybridized carbons (Fsp3) is 0.818. The van der Waals surface area contributed by atoms with Gasteiger partial charge in [0, 0.05) is 6.04 Å². The highest BCUT2D eigenvalue weighted by Crippen LogP contribution is 2.17. The third kappa shape index (κ3) is 2.95. The second-order valence-corrected chi connectivity index (χ2v) is 4.97. The summed E-state index contributed by atoms with van der Waals surface area (Å²) in [4.78, 5) is 23.1. The third-order valence-corrected chi connectivity index (χ3v) is 3.15. The quantitative estimate of drug-likeness (QED) is 0.622. The van der Waals surface area contributed by atoms with E-state index in [1.54, 1.807) is 13.8 Å². The van der Waals surface area contributed by atoms with Crippen molar-refractivity contribution in [3.05, 3.63) is 0 Å². The highest BCUT2D eigenvalue weighted by atomic mass is 16.2. The van der Waals surface area contributed by atoms with Crippen LogP contribution in [-0.4, -0.2) is 29.9 Å². The lowest BCUT2D eigenvalue weighted by molar-refractivity contribution is -0.133. The first-order valence-corrected chi connectivity index (χ1v) is 5.70. The normalized spacial score (nSPS) is 26.2. The summed E-state index contributed by atoms with van der Waals surface area (Å²) in [6.07, 6.45) is 1.84. The molecule has 0 bridgehead atoms. The molecule has 1 rings (SSSR count). The van der Waals surface area contributed by atoms with Crippen molar-refractivity contribution >= 4 is 11.8 Å². The summed E-state index contributed by atoms with van der Waals surface area (Å²) in [6, 6.07) is 0.150. The van der Waals surface area contributed by atoms with Crippen LogP contribution >= 0.6 is 0 Å². The summed E-state index contributed by atoms with van der Waals surface area (Å²) in [5.41, 5.74) is 4.24. The van der Waals surface area contributed by atoms with E-state index in [0.29, 0.717) is 0 Å². The fourth-order valence-corrected chi connectivity index (χ4v) is 1.86. The van der Waals surface area contributed by atoms with Gasteiger partial charge >= 0.3 is 0 Å². The maximum absolute atomic E-state index is 12.0. The van der Waals surface area contributed by atoms with Crippen molar-refractivity contribution in [1.29, 1.82) is 0 Å². The zero-order valence-electron chi connectivity index (χ0n) is 10.2. The minimum Gasteiger partial charge on any atom is -0.368 e. The molecule has 4 N–H and O–H groups in total. The van der Waals surface area contributed by atoms with E-state index in [4.69, 9.17) is 5.73 Å². The Bertz CT molecular complexity index is 289. The summed E-state index contributed by atoms with van der Waals surface area (Å²) in [6.45, 7) is 6.17. The van der Waals surface area contributed by atoms with Crippen LogP contribution in [0, 0.1) is 5.92 Å². The first-order chi connectivity index (χ1) is 7.34. The Labute approximate surface area is 96.1 Å². The van der Waals surface area contributed by atoms with Crippen LogP contribution in [0.25, 0.3) is 0 Å². The van der Waals surface area contributed by atoms with Gasteiger partial charge in [-0.15, -0.1) is 0 Å². The molecule has 0 radical (unpaired) electrons. The van der Waals surface area contributed by atoms with E-state index in [-0.39, 0.29) is 17.9 Å². The molecule has 0 aromatic heterocycles. The van der Waals surface area contributed by atoms with Gasteiger partial charge in [-0.3, -0.25) is 9.59 Å². The van der Waals surface area contributed by atoms with Crippen molar-refractivity contribution in [1.82, 2.24) is 10.6 Å². The number of rotatable bonds is 3. The van der Waals surface area contributed by atoms with Gasteiger partial charge in [0.15, 0.2) is 0 Å². The van der Waals surface area contributed by atoms with Crippen LogP contribution in [0.3, 0.4) is 0 Å². The van der Waals surface area contributed by atoms with Gasteiger partial charge in [-0.1, -0.05) is 0 Å². The molecular formula is C11H21N3O2. The molecule has 1 saturated heterocycles. The second-order valence-electron chi connectivity index (χ2n) is 4.97. The average Bonchev–Trinajstić information content (AvgIpc) is 2.17. The number of nitrogens with two attached hydrogens (primary N) is 1. The minimum absolute atomic E-state index is 0.0765. The Kier molecular flexibility index (Phi) is 3.91. The molecule has 0 aromatic carbocycles. The molecule has 0 aromatic rings. The van der Waals surface area contributed by atoms with Gasteiger partial charge in [0.1, 0.15) is 5.54 Å². The van der Waals surface area contributed by atoms with Crippen LogP contribution in [0.1, 0.15) is 33.6 Å². The van der Waals surface area contributed by atoms with Crippen LogP contribution in [0.15, 0.2) is 0 Å². The lowest BCUT2D eigenvalue weighted by atomic mass is 9.90. The highest BCUT2D eigenvalue weighted by molar-refractivity contribution is 5.90. The molecule has 0 spiro atoms. The summed E-state index contributed by atoms with van der Waals surface area (Å²) in [5.74, 6) is -0.687. The maximum Gasteiger partial charge on any atom is 0.242 e. The molecule has 1 aliphatic rings. The van der Waals surface area contributed by atoms with Crippen molar-refractivity contribution in [3.8, 4) is 0 Å². The molecule has 2 amide bonds. The van der Waals surface area contributed by atoms with Crippen molar-refractivity contribution in [2.75, 3.05) is 6.54 Å². The Morgan fingerprint density at radius 3 is 2.56 bits per heavy atom. The molecule has 5 heteroatoms. The van der Waals surface area contributed by atoms with Crippen molar-refractivity contribution in [2.45, 2.75) is 45.2 Å². The van der Waals surface area contributed by atoms with Gasteiger partial charge in [0.05, 0.1) is 5.92 Å². The summed E-state index contributed by atoms with van der Waals surface area (Å²) in [5, 5.41) is 5.95. The summed E-state index contributed by atoms with van der Waals surface area (Å²) < 4.78 is 0. The van der Waals surface area contributed by atoms with Gasteiger partial charge in [0.2, 0.25) is 11.8 Å². The van der Waals surface area contributed by atoms with E-state index in [0.717, 1.165) is 19.4 Å². The summed E-state index contributed by atoms with van der Waals surface area (Å²) >= 11 is 0. The maximum atomic E-state index is 12.0. The third-order valence-electron chi connectivity index (χ3n) is 3.15. The van der Waals surface area contributed by atoms with Crippen LogP contribution < -0.4 is 16.4 Å². The van der Waals surface area contributed by atoms with Gasteiger partial charge in [-0.05, 0) is 40.2 Å². The van der Waals surface area contributed by atoms with Crippen LogP contribution in [0.2, 0.25) is 0 Å². The van der Waals surface area contributed by atoms with Crippen LogP contribution in [-0.2, 0) is 9.59 Å². The monoisotopic (exact) mass is 227 g/mol. The fourth-order valence-electron chi connectivity index (χ4n) is 1.86. The number of carbonyl (C=O) groups is 2. The van der Waals surface area contributed by atoms with E-state index in [1.807, 2.05) is 6.92 Å². The van der Waals surface area contributed by atoms with E-state index in [1.165, 1.54) is 0 Å². The predicted octanol–water partition coefficient (Wildman–Crippen LogP) is -0.245. The topological polar surface area (TPSA) is 84.2 Å².